The largest absolute Gasteiger partial charge is 0.462 e. The lowest BCUT2D eigenvalue weighted by atomic mass is 10.0. The highest BCUT2D eigenvalue weighted by Gasteiger charge is 2.16. The third-order valence-corrected chi connectivity index (χ3v) is 11.2. The van der Waals surface area contributed by atoms with Gasteiger partial charge in [0.1, 0.15) is 6.61 Å². The molecular weight excluding hydrogens is 705 g/mol. The second-order valence-electron chi connectivity index (χ2n) is 16.9. The summed E-state index contributed by atoms with van der Waals surface area (Å²) in [4.78, 5) is 24.4. The number of rotatable bonds is 46. The zero-order valence-electron chi connectivity index (χ0n) is 38.1. The van der Waals surface area contributed by atoms with E-state index < -0.39 is 6.10 Å². The number of unbranched alkanes of at least 4 members (excludes halogenated alkanes) is 32. The molecular formula is C52H96O5. The first-order chi connectivity index (χ1) is 28.1. The van der Waals surface area contributed by atoms with Crippen LogP contribution in [0, 0.1) is 0 Å². The van der Waals surface area contributed by atoms with Crippen molar-refractivity contribution >= 4 is 11.9 Å². The van der Waals surface area contributed by atoms with Crippen molar-refractivity contribution in [1.29, 1.82) is 0 Å². The molecule has 0 fully saturated rings. The number of allylic oxidation sites excluding steroid dienone is 6. The van der Waals surface area contributed by atoms with E-state index in [0.717, 1.165) is 51.4 Å². The Morgan fingerprint density at radius 2 is 0.719 bits per heavy atom. The van der Waals surface area contributed by atoms with E-state index in [1.165, 1.54) is 186 Å². The van der Waals surface area contributed by atoms with Gasteiger partial charge in [0.25, 0.3) is 0 Å². The lowest BCUT2D eigenvalue weighted by Crippen LogP contribution is -2.28. The Balaban J connectivity index is 3.43. The van der Waals surface area contributed by atoms with E-state index in [2.05, 4.69) is 50.3 Å². The van der Waals surface area contributed by atoms with Gasteiger partial charge in [-0.3, -0.25) is 9.59 Å². The first-order valence-corrected chi connectivity index (χ1v) is 25.0. The van der Waals surface area contributed by atoms with Gasteiger partial charge in [-0.2, -0.15) is 0 Å². The number of esters is 2. The Bertz CT molecular complexity index is 908. The third-order valence-electron chi connectivity index (χ3n) is 11.2. The van der Waals surface area contributed by atoms with E-state index in [-0.39, 0.29) is 25.2 Å². The van der Waals surface area contributed by atoms with Crippen LogP contribution >= 0.6 is 0 Å². The van der Waals surface area contributed by atoms with E-state index in [0.29, 0.717) is 12.8 Å². The van der Waals surface area contributed by atoms with Crippen LogP contribution in [0.5, 0.6) is 0 Å². The second-order valence-corrected chi connectivity index (χ2v) is 16.9. The molecule has 0 aliphatic heterocycles. The maximum atomic E-state index is 12.2. The maximum Gasteiger partial charge on any atom is 0.306 e. The van der Waals surface area contributed by atoms with Crippen LogP contribution < -0.4 is 0 Å². The van der Waals surface area contributed by atoms with Crippen molar-refractivity contribution in [2.75, 3.05) is 13.2 Å². The van der Waals surface area contributed by atoms with Crippen LogP contribution in [0.1, 0.15) is 264 Å². The molecule has 0 aromatic rings. The van der Waals surface area contributed by atoms with Crippen molar-refractivity contribution in [2.24, 2.45) is 0 Å². The summed E-state index contributed by atoms with van der Waals surface area (Å²) >= 11 is 0. The van der Waals surface area contributed by atoms with Crippen LogP contribution in [0.3, 0.4) is 0 Å². The Labute approximate surface area is 355 Å². The molecule has 0 heterocycles. The van der Waals surface area contributed by atoms with Crippen LogP contribution in [0.15, 0.2) is 36.5 Å². The van der Waals surface area contributed by atoms with E-state index in [9.17, 15) is 14.7 Å². The van der Waals surface area contributed by atoms with Gasteiger partial charge in [0.05, 0.1) is 6.61 Å². The molecule has 5 nitrogen and oxygen atoms in total. The average molecular weight is 801 g/mol. The minimum absolute atomic E-state index is 0.0686. The zero-order valence-corrected chi connectivity index (χ0v) is 38.1. The Kier molecular flexibility index (Phi) is 46.9. The molecule has 0 aromatic carbocycles. The molecule has 0 saturated heterocycles. The molecule has 0 aliphatic rings. The smallest absolute Gasteiger partial charge is 0.306 e. The molecule has 0 rings (SSSR count). The van der Waals surface area contributed by atoms with Gasteiger partial charge < -0.3 is 14.6 Å². The molecule has 1 atom stereocenters. The summed E-state index contributed by atoms with van der Waals surface area (Å²) in [7, 11) is 0. The maximum absolute atomic E-state index is 12.2. The standard InChI is InChI=1S/C52H96O5/c1-3-5-7-9-11-13-15-17-19-20-21-22-23-24-25-26-27-28-29-30-31-32-33-35-36-38-40-42-44-46-51(54)56-49-50(48-53)57-52(55)47-45-43-41-39-37-34-18-16-14-12-10-8-6-4-2/h10,12,16,18,20-21,50,53H,3-9,11,13-15,17,19,22-49H2,1-2H3/b12-10-,18-16-,21-20-. The van der Waals surface area contributed by atoms with Gasteiger partial charge in [-0.15, -0.1) is 0 Å². The predicted molar refractivity (Wildman–Crippen MR) is 247 cm³/mol. The predicted octanol–water partition coefficient (Wildman–Crippen LogP) is 16.4. The highest BCUT2D eigenvalue weighted by Crippen LogP contribution is 2.16. The van der Waals surface area contributed by atoms with Crippen LogP contribution in [0.2, 0.25) is 0 Å². The van der Waals surface area contributed by atoms with Gasteiger partial charge in [0.15, 0.2) is 6.10 Å². The number of hydrogen-bond acceptors (Lipinski definition) is 5. The summed E-state index contributed by atoms with van der Waals surface area (Å²) in [6.07, 6.45) is 61.1. The van der Waals surface area contributed by atoms with E-state index in [1.807, 2.05) is 0 Å². The summed E-state index contributed by atoms with van der Waals surface area (Å²) < 4.78 is 10.6. The number of aliphatic hydroxyl groups excluding tert-OH is 1. The molecule has 0 radical (unpaired) electrons. The third kappa shape index (κ3) is 46.7. The summed E-state index contributed by atoms with van der Waals surface area (Å²) in [5, 5.41) is 9.59. The average Bonchev–Trinajstić information content (AvgIpc) is 3.21. The lowest BCUT2D eigenvalue weighted by Gasteiger charge is -2.15. The number of hydrogen-bond donors (Lipinski definition) is 1. The van der Waals surface area contributed by atoms with Crippen LogP contribution in [-0.2, 0) is 19.1 Å². The second kappa shape index (κ2) is 48.5. The number of ether oxygens (including phenoxy) is 2. The van der Waals surface area contributed by atoms with Crippen molar-refractivity contribution in [2.45, 2.75) is 270 Å². The van der Waals surface area contributed by atoms with Gasteiger partial charge in [-0.25, -0.2) is 0 Å². The summed E-state index contributed by atoms with van der Waals surface area (Å²) in [5.41, 5.74) is 0. The number of carbonyl (C=O) groups is 2. The SMILES string of the molecule is CCCC/C=C\C/C=C\CCCCCCCC(=O)OC(CO)COC(=O)CCCCCCCCCCCCCCCCCCC/C=C\CCCCCCCCCC. The quantitative estimate of drug-likeness (QED) is 0.0377. The first kappa shape index (κ1) is 55.1. The van der Waals surface area contributed by atoms with E-state index in [1.54, 1.807) is 0 Å². The fourth-order valence-corrected chi connectivity index (χ4v) is 7.33. The molecule has 334 valence electrons. The molecule has 1 N–H and O–H groups in total. The van der Waals surface area contributed by atoms with Crippen molar-refractivity contribution in [3.63, 3.8) is 0 Å². The van der Waals surface area contributed by atoms with Crippen LogP contribution in [0.4, 0.5) is 0 Å². The van der Waals surface area contributed by atoms with Crippen molar-refractivity contribution in [1.82, 2.24) is 0 Å². The monoisotopic (exact) mass is 801 g/mol. The molecule has 0 spiro atoms. The van der Waals surface area contributed by atoms with Gasteiger partial charge in [0, 0.05) is 12.8 Å². The van der Waals surface area contributed by atoms with Gasteiger partial charge in [-0.1, -0.05) is 224 Å². The lowest BCUT2D eigenvalue weighted by molar-refractivity contribution is -0.161. The topological polar surface area (TPSA) is 72.8 Å². The van der Waals surface area contributed by atoms with E-state index >= 15 is 0 Å². The highest BCUT2D eigenvalue weighted by atomic mass is 16.6. The Morgan fingerprint density at radius 3 is 1.11 bits per heavy atom. The van der Waals surface area contributed by atoms with Gasteiger partial charge >= 0.3 is 11.9 Å². The molecule has 1 unspecified atom stereocenters. The minimum Gasteiger partial charge on any atom is -0.462 e. The molecule has 0 bridgehead atoms. The summed E-state index contributed by atoms with van der Waals surface area (Å²) in [6, 6.07) is 0. The molecule has 5 heteroatoms. The highest BCUT2D eigenvalue weighted by molar-refractivity contribution is 5.70. The van der Waals surface area contributed by atoms with Crippen molar-refractivity contribution in [3.8, 4) is 0 Å². The van der Waals surface area contributed by atoms with Gasteiger partial charge in [-0.05, 0) is 64.2 Å². The molecule has 0 aliphatic carbocycles. The van der Waals surface area contributed by atoms with Crippen LogP contribution in [0.25, 0.3) is 0 Å². The zero-order chi connectivity index (χ0) is 41.4. The van der Waals surface area contributed by atoms with Crippen LogP contribution in [-0.4, -0.2) is 36.4 Å². The van der Waals surface area contributed by atoms with Crippen molar-refractivity contribution in [3.05, 3.63) is 36.5 Å². The molecule has 0 saturated carbocycles. The van der Waals surface area contributed by atoms with Crippen molar-refractivity contribution < 1.29 is 24.2 Å². The summed E-state index contributed by atoms with van der Waals surface area (Å²) in [6.45, 7) is 4.11. The van der Waals surface area contributed by atoms with E-state index in [4.69, 9.17) is 9.47 Å². The molecule has 0 aromatic heterocycles. The Hall–Kier alpha value is -1.88. The number of aliphatic hydroxyl groups is 1. The number of carbonyl (C=O) groups excluding carboxylic acids is 2. The normalized spacial score (nSPS) is 12.4. The molecule has 0 amide bonds. The van der Waals surface area contributed by atoms with Gasteiger partial charge in [0.2, 0.25) is 0 Å². The Morgan fingerprint density at radius 1 is 0.404 bits per heavy atom. The first-order valence-electron chi connectivity index (χ1n) is 25.0. The molecule has 57 heavy (non-hydrogen) atoms. The fourth-order valence-electron chi connectivity index (χ4n) is 7.33. The fraction of sp³-hybridized carbons (Fsp3) is 0.846. The summed E-state index contributed by atoms with van der Waals surface area (Å²) in [5.74, 6) is -0.597. The minimum atomic E-state index is -0.776.